The first-order chi connectivity index (χ1) is 7.92. The zero-order valence-electron chi connectivity index (χ0n) is 12.0. The van der Waals surface area contributed by atoms with Crippen LogP contribution < -0.4 is 5.32 Å². The second kappa shape index (κ2) is 6.20. The number of nitrogens with one attached hydrogen (secondary N) is 1. The van der Waals surface area contributed by atoms with Crippen LogP contribution in [0.4, 0.5) is 0 Å². The molecule has 0 heterocycles. The van der Waals surface area contributed by atoms with E-state index >= 15 is 0 Å². The normalized spacial score (nSPS) is 13.7. The fourth-order valence-electron chi connectivity index (χ4n) is 2.11. The lowest BCUT2D eigenvalue weighted by atomic mass is 9.88. The maximum absolute atomic E-state index is 3.42. The molecule has 0 saturated carbocycles. The van der Waals surface area contributed by atoms with Gasteiger partial charge in [0, 0.05) is 6.04 Å². The highest BCUT2D eigenvalue weighted by Gasteiger charge is 2.13. The Kier molecular flexibility index (Phi) is 5.20. The van der Waals surface area contributed by atoms with Crippen molar-refractivity contribution in [3.05, 3.63) is 35.4 Å². The molecule has 1 rings (SSSR count). The number of aryl methyl sites for hydroxylation is 1. The Bertz CT molecular complexity index is 318. The van der Waals surface area contributed by atoms with Crippen LogP contribution in [-0.4, -0.2) is 7.05 Å². The van der Waals surface area contributed by atoms with Crippen LogP contribution in [0.2, 0.25) is 0 Å². The van der Waals surface area contributed by atoms with Gasteiger partial charge < -0.3 is 5.32 Å². The number of hydrogen-bond acceptors (Lipinski definition) is 1. The van der Waals surface area contributed by atoms with Gasteiger partial charge in [0.1, 0.15) is 0 Å². The van der Waals surface area contributed by atoms with E-state index in [0.717, 1.165) is 0 Å². The third-order valence-electron chi connectivity index (χ3n) is 3.25. The maximum atomic E-state index is 3.42. The largest absolute Gasteiger partial charge is 0.313 e. The van der Waals surface area contributed by atoms with E-state index in [2.05, 4.69) is 64.3 Å². The van der Waals surface area contributed by atoms with E-state index in [0.29, 0.717) is 11.5 Å². The van der Waals surface area contributed by atoms with Crippen molar-refractivity contribution in [3.63, 3.8) is 0 Å². The molecule has 17 heavy (non-hydrogen) atoms. The van der Waals surface area contributed by atoms with E-state index in [4.69, 9.17) is 0 Å². The summed E-state index contributed by atoms with van der Waals surface area (Å²) in [4.78, 5) is 0. The highest BCUT2D eigenvalue weighted by molar-refractivity contribution is 5.24. The van der Waals surface area contributed by atoms with Crippen LogP contribution in [0.25, 0.3) is 0 Å². The summed E-state index contributed by atoms with van der Waals surface area (Å²) in [6, 6.07) is 9.38. The lowest BCUT2D eigenvalue weighted by molar-refractivity contribution is 0.347. The molecule has 1 N–H and O–H groups in total. The van der Waals surface area contributed by atoms with Crippen molar-refractivity contribution in [1.82, 2.24) is 5.32 Å². The minimum Gasteiger partial charge on any atom is -0.313 e. The van der Waals surface area contributed by atoms with E-state index in [9.17, 15) is 0 Å². The highest BCUT2D eigenvalue weighted by atomic mass is 14.9. The van der Waals surface area contributed by atoms with Crippen molar-refractivity contribution in [2.45, 2.75) is 53.0 Å². The van der Waals surface area contributed by atoms with Gasteiger partial charge in [-0.15, -0.1) is 0 Å². The summed E-state index contributed by atoms with van der Waals surface area (Å²) in [5.41, 5.74) is 3.19. The van der Waals surface area contributed by atoms with Gasteiger partial charge in [0.05, 0.1) is 0 Å². The second-order valence-corrected chi connectivity index (χ2v) is 6.20. The Hall–Kier alpha value is -0.820. The van der Waals surface area contributed by atoms with Crippen LogP contribution in [-0.2, 0) is 0 Å². The maximum Gasteiger partial charge on any atom is 0.0317 e. The quantitative estimate of drug-likeness (QED) is 0.791. The molecule has 0 spiro atoms. The molecule has 1 atom stereocenters. The van der Waals surface area contributed by atoms with Gasteiger partial charge in [0.15, 0.2) is 0 Å². The molecule has 0 fully saturated rings. The van der Waals surface area contributed by atoms with Crippen LogP contribution in [0.3, 0.4) is 0 Å². The van der Waals surface area contributed by atoms with Crippen LogP contribution in [0.5, 0.6) is 0 Å². The molecule has 1 nitrogen and oxygen atoms in total. The minimum absolute atomic E-state index is 0.450. The molecule has 0 aromatic heterocycles. The summed E-state index contributed by atoms with van der Waals surface area (Å²) in [6.45, 7) is 9.07. The van der Waals surface area contributed by atoms with Gasteiger partial charge in [-0.3, -0.25) is 0 Å². The Labute approximate surface area is 107 Å². The minimum atomic E-state index is 0.450. The summed E-state index contributed by atoms with van der Waals surface area (Å²) < 4.78 is 0. The molecule has 0 amide bonds. The van der Waals surface area contributed by atoms with Crippen molar-refractivity contribution in [2.75, 3.05) is 7.05 Å². The summed E-state index contributed by atoms with van der Waals surface area (Å²) in [5.74, 6) is 0. The zero-order chi connectivity index (χ0) is 12.9. The third kappa shape index (κ3) is 5.36. The Morgan fingerprint density at radius 1 is 1.12 bits per heavy atom. The second-order valence-electron chi connectivity index (χ2n) is 6.20. The molecule has 0 bridgehead atoms. The first kappa shape index (κ1) is 14.2. The van der Waals surface area contributed by atoms with Crippen molar-refractivity contribution in [2.24, 2.45) is 5.41 Å². The van der Waals surface area contributed by atoms with Crippen molar-refractivity contribution < 1.29 is 0 Å². The molecule has 0 radical (unpaired) electrons. The molecule has 1 aromatic rings. The van der Waals surface area contributed by atoms with Crippen molar-refractivity contribution in [1.29, 1.82) is 0 Å². The molecule has 0 aliphatic carbocycles. The molecule has 0 aliphatic rings. The van der Waals surface area contributed by atoms with Crippen LogP contribution in [0.15, 0.2) is 24.3 Å². The average molecular weight is 233 g/mol. The predicted octanol–water partition coefficient (Wildman–Crippen LogP) is 4.47. The first-order valence-electron chi connectivity index (χ1n) is 6.66. The molecule has 1 unspecified atom stereocenters. The number of rotatable bonds is 5. The average Bonchev–Trinajstić information content (AvgIpc) is 2.24. The Morgan fingerprint density at radius 3 is 2.18 bits per heavy atom. The molecule has 0 saturated heterocycles. The van der Waals surface area contributed by atoms with Crippen LogP contribution in [0.1, 0.15) is 57.2 Å². The number of hydrogen-bond donors (Lipinski definition) is 1. The first-order valence-corrected chi connectivity index (χ1v) is 6.66. The summed E-state index contributed by atoms with van der Waals surface area (Å²) in [7, 11) is 2.06. The predicted molar refractivity (Wildman–Crippen MR) is 76.3 cm³/mol. The SMILES string of the molecule is CNC(CCCC(C)(C)C)c1ccc(C)cc1. The highest BCUT2D eigenvalue weighted by Crippen LogP contribution is 2.26. The van der Waals surface area contributed by atoms with E-state index < -0.39 is 0 Å². The van der Waals surface area contributed by atoms with E-state index in [1.165, 1.54) is 30.4 Å². The Balaban J connectivity index is 2.51. The van der Waals surface area contributed by atoms with E-state index in [1.807, 2.05) is 0 Å². The van der Waals surface area contributed by atoms with Crippen molar-refractivity contribution in [3.8, 4) is 0 Å². The molecular weight excluding hydrogens is 206 g/mol. The van der Waals surface area contributed by atoms with E-state index in [1.54, 1.807) is 0 Å². The molecule has 96 valence electrons. The third-order valence-corrected chi connectivity index (χ3v) is 3.25. The van der Waals surface area contributed by atoms with Crippen molar-refractivity contribution >= 4 is 0 Å². The van der Waals surface area contributed by atoms with Crippen LogP contribution >= 0.6 is 0 Å². The van der Waals surface area contributed by atoms with Gasteiger partial charge in [0.25, 0.3) is 0 Å². The molecule has 0 aliphatic heterocycles. The lowest BCUT2D eigenvalue weighted by Gasteiger charge is -2.21. The smallest absolute Gasteiger partial charge is 0.0317 e. The standard InChI is InChI=1S/C16H27N/c1-13-8-10-14(11-9-13)15(17-5)7-6-12-16(2,3)4/h8-11,15,17H,6-7,12H2,1-5H3. The zero-order valence-corrected chi connectivity index (χ0v) is 12.0. The van der Waals surface area contributed by atoms with Crippen LogP contribution in [0, 0.1) is 12.3 Å². The molecular formula is C16H27N. The van der Waals surface area contributed by atoms with Gasteiger partial charge in [-0.25, -0.2) is 0 Å². The fourth-order valence-corrected chi connectivity index (χ4v) is 2.11. The lowest BCUT2D eigenvalue weighted by Crippen LogP contribution is -2.17. The molecule has 1 heteroatoms. The fraction of sp³-hybridized carbons (Fsp3) is 0.625. The van der Waals surface area contributed by atoms with Gasteiger partial charge in [-0.2, -0.15) is 0 Å². The monoisotopic (exact) mass is 233 g/mol. The summed E-state index contributed by atoms with van der Waals surface area (Å²) in [5, 5.41) is 3.42. The molecule has 1 aromatic carbocycles. The van der Waals surface area contributed by atoms with Gasteiger partial charge in [-0.05, 0) is 37.8 Å². The van der Waals surface area contributed by atoms with Gasteiger partial charge in [0.2, 0.25) is 0 Å². The topological polar surface area (TPSA) is 12.0 Å². The summed E-state index contributed by atoms with van der Waals surface area (Å²) in [6.07, 6.45) is 3.79. The van der Waals surface area contributed by atoms with Gasteiger partial charge >= 0.3 is 0 Å². The summed E-state index contributed by atoms with van der Waals surface area (Å²) >= 11 is 0. The van der Waals surface area contributed by atoms with Gasteiger partial charge in [-0.1, -0.05) is 57.0 Å². The Morgan fingerprint density at radius 2 is 1.71 bits per heavy atom. The number of benzene rings is 1. The van der Waals surface area contributed by atoms with E-state index in [-0.39, 0.29) is 0 Å².